The highest BCUT2D eigenvalue weighted by Gasteiger charge is 2.08. The summed E-state index contributed by atoms with van der Waals surface area (Å²) < 4.78 is 1.72. The van der Waals surface area contributed by atoms with Gasteiger partial charge in [-0.3, -0.25) is 0 Å². The van der Waals surface area contributed by atoms with Gasteiger partial charge in [0.2, 0.25) is 0 Å². The molecule has 0 radical (unpaired) electrons. The molecule has 56 valence electrons. The van der Waals surface area contributed by atoms with Crippen molar-refractivity contribution in [1.29, 1.82) is 0 Å². The molecule has 1 aromatic heterocycles. The van der Waals surface area contributed by atoms with Gasteiger partial charge in [0, 0.05) is 13.0 Å². The maximum Gasteiger partial charge on any atom is 0.153 e. The SMILES string of the molecule is CCC(C)c1nnnn1C. The van der Waals surface area contributed by atoms with Gasteiger partial charge in [-0.25, -0.2) is 4.68 Å². The third-order valence-corrected chi connectivity index (χ3v) is 1.71. The predicted octanol–water partition coefficient (Wildman–Crippen LogP) is 0.724. The maximum absolute atomic E-state index is 3.89. The first-order valence-corrected chi connectivity index (χ1v) is 3.48. The van der Waals surface area contributed by atoms with E-state index in [1.54, 1.807) is 4.68 Å². The molecule has 10 heavy (non-hydrogen) atoms. The lowest BCUT2D eigenvalue weighted by atomic mass is 10.1. The summed E-state index contributed by atoms with van der Waals surface area (Å²) in [6.45, 7) is 4.24. The van der Waals surface area contributed by atoms with Crippen molar-refractivity contribution in [1.82, 2.24) is 20.2 Å². The first-order chi connectivity index (χ1) is 4.75. The van der Waals surface area contributed by atoms with E-state index in [0.29, 0.717) is 5.92 Å². The van der Waals surface area contributed by atoms with Crippen LogP contribution in [0.1, 0.15) is 32.0 Å². The number of nitrogens with zero attached hydrogens (tertiary/aromatic N) is 4. The molecule has 4 heteroatoms. The molecule has 0 aliphatic heterocycles. The second kappa shape index (κ2) is 2.77. The van der Waals surface area contributed by atoms with Crippen LogP contribution in [-0.4, -0.2) is 20.2 Å². The van der Waals surface area contributed by atoms with Crippen LogP contribution in [0.25, 0.3) is 0 Å². The van der Waals surface area contributed by atoms with Gasteiger partial charge < -0.3 is 0 Å². The second-order valence-corrected chi connectivity index (χ2v) is 2.47. The Morgan fingerprint density at radius 1 is 1.60 bits per heavy atom. The average molecular weight is 140 g/mol. The fourth-order valence-corrected chi connectivity index (χ4v) is 0.836. The van der Waals surface area contributed by atoms with E-state index in [1.807, 2.05) is 7.05 Å². The van der Waals surface area contributed by atoms with E-state index in [4.69, 9.17) is 0 Å². The molecule has 0 spiro atoms. The lowest BCUT2D eigenvalue weighted by Crippen LogP contribution is -2.02. The van der Waals surface area contributed by atoms with Crippen LogP contribution >= 0.6 is 0 Å². The van der Waals surface area contributed by atoms with E-state index in [2.05, 4.69) is 29.4 Å². The van der Waals surface area contributed by atoms with Gasteiger partial charge in [0.25, 0.3) is 0 Å². The molecule has 0 saturated carbocycles. The van der Waals surface area contributed by atoms with Crippen LogP contribution in [0.3, 0.4) is 0 Å². The molecule has 1 rings (SSSR count). The number of rotatable bonds is 2. The first kappa shape index (κ1) is 7.18. The third kappa shape index (κ3) is 1.15. The fourth-order valence-electron chi connectivity index (χ4n) is 0.836. The van der Waals surface area contributed by atoms with Crippen LogP contribution in [0.5, 0.6) is 0 Å². The normalized spacial score (nSPS) is 13.5. The molecular formula is C6H12N4. The molecule has 1 heterocycles. The minimum atomic E-state index is 0.458. The van der Waals surface area contributed by atoms with Gasteiger partial charge in [0.05, 0.1) is 0 Å². The second-order valence-electron chi connectivity index (χ2n) is 2.47. The fraction of sp³-hybridized carbons (Fsp3) is 0.833. The molecule has 0 aliphatic carbocycles. The van der Waals surface area contributed by atoms with E-state index >= 15 is 0 Å². The van der Waals surface area contributed by atoms with Gasteiger partial charge in [-0.1, -0.05) is 13.8 Å². The monoisotopic (exact) mass is 140 g/mol. The first-order valence-electron chi connectivity index (χ1n) is 3.48. The van der Waals surface area contributed by atoms with Crippen molar-refractivity contribution in [2.24, 2.45) is 7.05 Å². The Kier molecular flexibility index (Phi) is 1.99. The van der Waals surface area contributed by atoms with Crippen molar-refractivity contribution in [3.63, 3.8) is 0 Å². The minimum Gasteiger partial charge on any atom is -0.232 e. The van der Waals surface area contributed by atoms with Crippen molar-refractivity contribution in [3.8, 4) is 0 Å². The third-order valence-electron chi connectivity index (χ3n) is 1.71. The molecule has 1 atom stereocenters. The number of tetrazole rings is 1. The highest BCUT2D eigenvalue weighted by molar-refractivity contribution is 4.88. The highest BCUT2D eigenvalue weighted by Crippen LogP contribution is 2.12. The largest absolute Gasteiger partial charge is 0.232 e. The summed E-state index contributed by atoms with van der Waals surface area (Å²) in [7, 11) is 1.86. The quantitative estimate of drug-likeness (QED) is 0.608. The smallest absolute Gasteiger partial charge is 0.153 e. The van der Waals surface area contributed by atoms with Crippen molar-refractivity contribution >= 4 is 0 Å². The van der Waals surface area contributed by atoms with Crippen molar-refractivity contribution < 1.29 is 0 Å². The summed E-state index contributed by atoms with van der Waals surface area (Å²) in [6.07, 6.45) is 1.08. The number of hydrogen-bond donors (Lipinski definition) is 0. The van der Waals surface area contributed by atoms with Crippen LogP contribution in [0.15, 0.2) is 0 Å². The summed E-state index contributed by atoms with van der Waals surface area (Å²) in [5, 5.41) is 11.2. The molecular weight excluding hydrogens is 128 g/mol. The van der Waals surface area contributed by atoms with E-state index < -0.39 is 0 Å². The van der Waals surface area contributed by atoms with Gasteiger partial charge >= 0.3 is 0 Å². The molecule has 0 N–H and O–H groups in total. The van der Waals surface area contributed by atoms with Crippen LogP contribution in [0.4, 0.5) is 0 Å². The molecule has 0 aliphatic rings. The molecule has 0 fully saturated rings. The predicted molar refractivity (Wildman–Crippen MR) is 37.5 cm³/mol. The molecule has 1 aromatic rings. The van der Waals surface area contributed by atoms with Gasteiger partial charge in [-0.2, -0.15) is 0 Å². The Morgan fingerprint density at radius 3 is 2.70 bits per heavy atom. The Morgan fingerprint density at radius 2 is 2.30 bits per heavy atom. The molecule has 0 aromatic carbocycles. The summed E-state index contributed by atoms with van der Waals surface area (Å²) in [5.74, 6) is 1.42. The number of aromatic nitrogens is 4. The van der Waals surface area contributed by atoms with E-state index in [1.165, 1.54) is 0 Å². The Hall–Kier alpha value is -0.930. The minimum absolute atomic E-state index is 0.458. The number of aryl methyl sites for hydroxylation is 1. The van der Waals surface area contributed by atoms with Gasteiger partial charge in [0.15, 0.2) is 5.82 Å². The van der Waals surface area contributed by atoms with Crippen LogP contribution in [-0.2, 0) is 7.05 Å². The van der Waals surface area contributed by atoms with Crippen LogP contribution in [0.2, 0.25) is 0 Å². The highest BCUT2D eigenvalue weighted by atomic mass is 15.5. The van der Waals surface area contributed by atoms with Gasteiger partial charge in [-0.05, 0) is 16.8 Å². The maximum atomic E-state index is 3.89. The summed E-state index contributed by atoms with van der Waals surface area (Å²) in [4.78, 5) is 0. The van der Waals surface area contributed by atoms with Gasteiger partial charge in [0.1, 0.15) is 0 Å². The summed E-state index contributed by atoms with van der Waals surface area (Å²) in [5.41, 5.74) is 0. The molecule has 1 unspecified atom stereocenters. The average Bonchev–Trinajstić information content (AvgIpc) is 2.34. The Bertz CT molecular complexity index is 205. The Balaban J connectivity index is 2.82. The molecule has 0 bridgehead atoms. The zero-order valence-corrected chi connectivity index (χ0v) is 6.57. The van der Waals surface area contributed by atoms with Crippen molar-refractivity contribution in [2.45, 2.75) is 26.2 Å². The van der Waals surface area contributed by atoms with E-state index in [0.717, 1.165) is 12.2 Å². The zero-order valence-electron chi connectivity index (χ0n) is 6.57. The molecule has 4 nitrogen and oxygen atoms in total. The molecule has 0 amide bonds. The van der Waals surface area contributed by atoms with E-state index in [-0.39, 0.29) is 0 Å². The lowest BCUT2D eigenvalue weighted by molar-refractivity contribution is 0.606. The standard InChI is InChI=1S/C6H12N4/c1-4-5(2)6-7-8-9-10(6)3/h5H,4H2,1-3H3. The van der Waals surface area contributed by atoms with Crippen molar-refractivity contribution in [3.05, 3.63) is 5.82 Å². The lowest BCUT2D eigenvalue weighted by Gasteiger charge is -2.03. The van der Waals surface area contributed by atoms with Gasteiger partial charge in [-0.15, -0.1) is 5.10 Å². The van der Waals surface area contributed by atoms with Crippen LogP contribution in [0, 0.1) is 0 Å². The van der Waals surface area contributed by atoms with Crippen LogP contribution < -0.4 is 0 Å². The van der Waals surface area contributed by atoms with Crippen molar-refractivity contribution in [2.75, 3.05) is 0 Å². The van der Waals surface area contributed by atoms with E-state index in [9.17, 15) is 0 Å². The summed E-state index contributed by atoms with van der Waals surface area (Å²) in [6, 6.07) is 0. The topological polar surface area (TPSA) is 43.6 Å². The zero-order chi connectivity index (χ0) is 7.56. The summed E-state index contributed by atoms with van der Waals surface area (Å²) >= 11 is 0. The molecule has 0 saturated heterocycles. The Labute approximate surface area is 60.2 Å². The number of hydrogen-bond acceptors (Lipinski definition) is 3.